The monoisotopic (exact) mass is 706 g/mol. The van der Waals surface area contributed by atoms with Crippen LogP contribution in [0, 0.1) is 5.92 Å². The average molecular weight is 707 g/mol. The highest BCUT2D eigenvalue weighted by Crippen LogP contribution is 2.42. The van der Waals surface area contributed by atoms with Crippen LogP contribution in [-0.2, 0) is 45.1 Å². The Morgan fingerprint density at radius 1 is 0.769 bits per heavy atom. The number of piperazine rings is 1. The summed E-state index contributed by atoms with van der Waals surface area (Å²) in [6.07, 6.45) is -0.509. The molecule has 2 heterocycles. The van der Waals surface area contributed by atoms with Crippen LogP contribution < -0.4 is 10.6 Å². The quantitative estimate of drug-likeness (QED) is 0.159. The smallest absolute Gasteiger partial charge is 0.328 e. The maximum atomic E-state index is 12.8. The number of carbonyl (C=O) groups excluding carboxylic acids is 2. The minimum atomic E-state index is -0.809. The van der Waals surface area contributed by atoms with E-state index in [2.05, 4.69) is 57.7 Å². The lowest BCUT2D eigenvalue weighted by atomic mass is 9.90. The molecule has 2 aliphatic heterocycles. The predicted octanol–water partition coefficient (Wildman–Crippen LogP) is 5.37. The van der Waals surface area contributed by atoms with Crippen molar-refractivity contribution in [3.8, 4) is 0 Å². The van der Waals surface area contributed by atoms with Crippen LogP contribution in [0.3, 0.4) is 0 Å². The minimum Gasteiger partial charge on any atom is -0.467 e. The lowest BCUT2D eigenvalue weighted by Gasteiger charge is -2.44. The molecule has 10 nitrogen and oxygen atoms in total. The van der Waals surface area contributed by atoms with Crippen molar-refractivity contribution >= 4 is 12.0 Å². The van der Waals surface area contributed by atoms with Crippen LogP contribution in [0.15, 0.2) is 109 Å². The van der Waals surface area contributed by atoms with Crippen molar-refractivity contribution in [2.75, 3.05) is 39.8 Å². The Labute approximate surface area is 306 Å². The third-order valence-corrected chi connectivity index (χ3v) is 10.1. The fourth-order valence-electron chi connectivity index (χ4n) is 6.92. The van der Waals surface area contributed by atoms with Gasteiger partial charge in [-0.1, -0.05) is 116 Å². The van der Waals surface area contributed by atoms with Gasteiger partial charge in [0.25, 0.3) is 0 Å². The lowest BCUT2D eigenvalue weighted by molar-refractivity contribution is -0.276. The van der Waals surface area contributed by atoms with Crippen molar-refractivity contribution in [3.63, 3.8) is 0 Å². The molecule has 2 amide bonds. The second-order valence-electron chi connectivity index (χ2n) is 13.7. The van der Waals surface area contributed by atoms with Crippen LogP contribution in [0.2, 0.25) is 0 Å². The molecule has 0 aromatic heterocycles. The number of aliphatic hydroxyl groups is 1. The van der Waals surface area contributed by atoms with Gasteiger partial charge in [-0.05, 0) is 27.8 Å². The van der Waals surface area contributed by atoms with Gasteiger partial charge in [-0.25, -0.2) is 9.59 Å². The summed E-state index contributed by atoms with van der Waals surface area (Å²) in [5.74, 6) is -0.410. The highest BCUT2D eigenvalue weighted by Gasteiger charge is 2.39. The van der Waals surface area contributed by atoms with Crippen LogP contribution >= 0.6 is 0 Å². The molecule has 0 saturated carbocycles. The Balaban J connectivity index is 1.08. The summed E-state index contributed by atoms with van der Waals surface area (Å²) in [5.41, 5.74) is 5.96. The molecule has 3 N–H and O–H groups in total. The van der Waals surface area contributed by atoms with Gasteiger partial charge in [0.1, 0.15) is 6.04 Å². The molecule has 0 radical (unpaired) electrons. The first-order valence-corrected chi connectivity index (χ1v) is 18.1. The number of nitrogens with one attached hydrogen (secondary N) is 2. The van der Waals surface area contributed by atoms with Crippen molar-refractivity contribution in [1.82, 2.24) is 20.4 Å². The van der Waals surface area contributed by atoms with E-state index in [1.54, 1.807) is 0 Å². The highest BCUT2D eigenvalue weighted by atomic mass is 16.7. The SMILES string of the molecule is COC(=O)C(Cc1ccccc1)NC(=O)NCc1ccc(C2OC(CN3CCN(Cc4ccccc4)CC3)C(C)C(c3ccc(CO)cc3)O2)cc1. The summed E-state index contributed by atoms with van der Waals surface area (Å²) in [6.45, 7) is 8.19. The zero-order valence-electron chi connectivity index (χ0n) is 30.0. The number of nitrogens with zero attached hydrogens (tertiary/aromatic N) is 2. The van der Waals surface area contributed by atoms with E-state index in [1.807, 2.05) is 78.9 Å². The normalized spacial score (nSPS) is 21.6. The van der Waals surface area contributed by atoms with Crippen molar-refractivity contribution in [2.24, 2.45) is 5.92 Å². The maximum absolute atomic E-state index is 12.8. The van der Waals surface area contributed by atoms with E-state index in [0.717, 1.165) is 67.1 Å². The average Bonchev–Trinajstić information content (AvgIpc) is 3.19. The van der Waals surface area contributed by atoms with Crippen LogP contribution in [0.25, 0.3) is 0 Å². The summed E-state index contributed by atoms with van der Waals surface area (Å²) in [6, 6.07) is 34.7. The second kappa shape index (κ2) is 18.3. The van der Waals surface area contributed by atoms with Crippen molar-refractivity contribution < 1.29 is 28.9 Å². The Morgan fingerprint density at radius 3 is 2.00 bits per heavy atom. The van der Waals surface area contributed by atoms with Gasteiger partial charge in [-0.3, -0.25) is 9.80 Å². The first-order valence-electron chi connectivity index (χ1n) is 18.1. The van der Waals surface area contributed by atoms with Crippen LogP contribution in [0.5, 0.6) is 0 Å². The van der Waals surface area contributed by atoms with Gasteiger partial charge in [0, 0.05) is 63.7 Å². The molecule has 10 heteroatoms. The molecule has 274 valence electrons. The van der Waals surface area contributed by atoms with Gasteiger partial charge < -0.3 is 30.0 Å². The third-order valence-electron chi connectivity index (χ3n) is 10.1. The fraction of sp³-hybridized carbons (Fsp3) is 0.381. The van der Waals surface area contributed by atoms with E-state index < -0.39 is 24.3 Å². The van der Waals surface area contributed by atoms with Gasteiger partial charge in [-0.15, -0.1) is 0 Å². The zero-order chi connectivity index (χ0) is 36.3. The number of hydrogen-bond acceptors (Lipinski definition) is 8. The number of benzene rings is 4. The molecule has 5 atom stereocenters. The van der Waals surface area contributed by atoms with E-state index in [0.29, 0.717) is 6.42 Å². The molecule has 0 bridgehead atoms. The number of hydrogen-bond donors (Lipinski definition) is 3. The molecule has 0 spiro atoms. The topological polar surface area (TPSA) is 113 Å². The van der Waals surface area contributed by atoms with Crippen LogP contribution in [0.1, 0.15) is 52.7 Å². The zero-order valence-corrected chi connectivity index (χ0v) is 30.0. The number of urea groups is 1. The van der Waals surface area contributed by atoms with Gasteiger partial charge in [0.15, 0.2) is 6.29 Å². The molecular formula is C42H50N4O6. The second-order valence-corrected chi connectivity index (χ2v) is 13.7. The van der Waals surface area contributed by atoms with E-state index in [9.17, 15) is 14.7 Å². The van der Waals surface area contributed by atoms with Gasteiger partial charge in [-0.2, -0.15) is 0 Å². The third kappa shape index (κ3) is 10.1. The predicted molar refractivity (Wildman–Crippen MR) is 199 cm³/mol. The van der Waals surface area contributed by atoms with E-state index >= 15 is 0 Å². The standard InChI is InChI=1S/C42H50N4O6/c1-30-38(28-46-23-21-45(22-24-46)27-33-11-7-4-8-12-33)51-41(52-39(30)35-17-15-34(29-47)16-18-35)36-19-13-32(14-20-36)26-43-42(49)44-37(40(48)50-2)25-31-9-5-3-6-10-31/h3-20,30,37-39,41,47H,21-29H2,1-2H3,(H2,43,44,49). The number of rotatable bonds is 13. The van der Waals surface area contributed by atoms with E-state index in [-0.39, 0.29) is 31.3 Å². The highest BCUT2D eigenvalue weighted by molar-refractivity contribution is 5.83. The molecule has 52 heavy (non-hydrogen) atoms. The first-order chi connectivity index (χ1) is 25.4. The van der Waals surface area contributed by atoms with Crippen molar-refractivity contribution in [1.29, 1.82) is 0 Å². The van der Waals surface area contributed by atoms with Gasteiger partial charge in [0.05, 0.1) is 25.9 Å². The molecule has 6 rings (SSSR count). The largest absolute Gasteiger partial charge is 0.467 e. The molecule has 2 aliphatic rings. The molecule has 4 aromatic carbocycles. The molecule has 0 aliphatic carbocycles. The van der Waals surface area contributed by atoms with Crippen molar-refractivity contribution in [2.45, 2.75) is 57.6 Å². The number of carbonyl (C=O) groups is 2. The fourth-order valence-corrected chi connectivity index (χ4v) is 6.92. The summed E-state index contributed by atoms with van der Waals surface area (Å²) in [4.78, 5) is 30.2. The molecular weight excluding hydrogens is 656 g/mol. The summed E-state index contributed by atoms with van der Waals surface area (Å²) < 4.78 is 18.3. The van der Waals surface area contributed by atoms with Gasteiger partial charge >= 0.3 is 12.0 Å². The number of aliphatic hydroxyl groups excluding tert-OH is 1. The van der Waals surface area contributed by atoms with Gasteiger partial charge in [0.2, 0.25) is 0 Å². The Morgan fingerprint density at radius 2 is 1.37 bits per heavy atom. The van der Waals surface area contributed by atoms with Crippen LogP contribution in [0.4, 0.5) is 4.79 Å². The minimum absolute atomic E-state index is 0.00557. The summed E-state index contributed by atoms with van der Waals surface area (Å²) in [7, 11) is 1.31. The number of ether oxygens (including phenoxy) is 3. The number of amides is 2. The Hall–Kier alpha value is -4.58. The molecule has 2 fully saturated rings. The van der Waals surface area contributed by atoms with E-state index in [4.69, 9.17) is 14.2 Å². The first kappa shape index (κ1) is 37.2. The summed E-state index contributed by atoms with van der Waals surface area (Å²) >= 11 is 0. The Bertz CT molecular complexity index is 1700. The molecule has 2 saturated heterocycles. The number of methoxy groups -OCH3 is 1. The molecule has 5 unspecified atom stereocenters. The number of esters is 1. The maximum Gasteiger partial charge on any atom is 0.328 e. The summed E-state index contributed by atoms with van der Waals surface area (Å²) in [5, 5.41) is 15.2. The van der Waals surface area contributed by atoms with Crippen LogP contribution in [-0.4, -0.2) is 78.9 Å². The van der Waals surface area contributed by atoms with E-state index in [1.165, 1.54) is 12.7 Å². The van der Waals surface area contributed by atoms with Crippen molar-refractivity contribution in [3.05, 3.63) is 143 Å². The molecule has 4 aromatic rings. The Kier molecular flexibility index (Phi) is 13.1. The lowest BCUT2D eigenvalue weighted by Crippen LogP contribution is -2.51.